The van der Waals surface area contributed by atoms with Crippen molar-refractivity contribution in [1.29, 1.82) is 0 Å². The molecule has 24 heavy (non-hydrogen) atoms. The third-order valence-electron chi connectivity index (χ3n) is 3.32. The summed E-state index contributed by atoms with van der Waals surface area (Å²) in [5, 5.41) is 5.55. The molecule has 5 nitrogen and oxygen atoms in total. The van der Waals surface area contributed by atoms with Crippen LogP contribution in [0.3, 0.4) is 0 Å². The molecule has 0 saturated heterocycles. The molecule has 1 heterocycles. The highest BCUT2D eigenvalue weighted by atomic mass is 32.2. The van der Waals surface area contributed by atoms with Gasteiger partial charge in [0.25, 0.3) is 0 Å². The predicted octanol–water partition coefficient (Wildman–Crippen LogP) is 2.30. The van der Waals surface area contributed by atoms with Crippen molar-refractivity contribution in [3.63, 3.8) is 0 Å². The van der Waals surface area contributed by atoms with Crippen molar-refractivity contribution in [3.8, 4) is 0 Å². The molecule has 2 N–H and O–H groups in total. The Bertz CT molecular complexity index is 674. The van der Waals surface area contributed by atoms with Gasteiger partial charge < -0.3 is 10.6 Å². The Morgan fingerprint density at radius 1 is 1.21 bits per heavy atom. The molecule has 1 aromatic carbocycles. The summed E-state index contributed by atoms with van der Waals surface area (Å²) in [6.45, 7) is 3.83. The number of carbonyl (C=O) groups is 2. The van der Waals surface area contributed by atoms with Gasteiger partial charge in [-0.15, -0.1) is 11.8 Å². The molecule has 0 aliphatic heterocycles. The van der Waals surface area contributed by atoms with Gasteiger partial charge in [-0.25, -0.2) is 0 Å². The molecule has 2 aromatic rings. The lowest BCUT2D eigenvalue weighted by Crippen LogP contribution is -2.47. The molecule has 2 rings (SSSR count). The van der Waals surface area contributed by atoms with E-state index in [4.69, 9.17) is 0 Å². The number of nitrogens with one attached hydrogen (secondary N) is 2. The zero-order chi connectivity index (χ0) is 17.4. The molecule has 1 unspecified atom stereocenters. The van der Waals surface area contributed by atoms with Crippen LogP contribution >= 0.6 is 11.8 Å². The maximum atomic E-state index is 12.4. The van der Waals surface area contributed by atoms with Crippen LogP contribution in [0.4, 0.5) is 0 Å². The van der Waals surface area contributed by atoms with Crippen LogP contribution in [-0.4, -0.2) is 28.6 Å². The van der Waals surface area contributed by atoms with Gasteiger partial charge >= 0.3 is 0 Å². The van der Waals surface area contributed by atoms with E-state index in [2.05, 4.69) is 15.6 Å². The van der Waals surface area contributed by atoms with Crippen molar-refractivity contribution in [3.05, 3.63) is 59.9 Å². The van der Waals surface area contributed by atoms with Gasteiger partial charge in [0.05, 0.1) is 0 Å². The topological polar surface area (TPSA) is 71.1 Å². The number of hydrogen-bond acceptors (Lipinski definition) is 4. The Morgan fingerprint density at radius 3 is 2.58 bits per heavy atom. The van der Waals surface area contributed by atoms with E-state index in [1.165, 1.54) is 12.5 Å². The summed E-state index contributed by atoms with van der Waals surface area (Å²) in [4.78, 5) is 28.8. The summed E-state index contributed by atoms with van der Waals surface area (Å²) >= 11 is 1.54. The van der Waals surface area contributed by atoms with E-state index < -0.39 is 6.04 Å². The lowest BCUT2D eigenvalue weighted by Gasteiger charge is -2.17. The first-order valence-corrected chi connectivity index (χ1v) is 8.66. The molecule has 0 bridgehead atoms. The van der Waals surface area contributed by atoms with Crippen molar-refractivity contribution < 1.29 is 9.59 Å². The lowest BCUT2D eigenvalue weighted by molar-refractivity contribution is -0.127. The molecule has 0 aliphatic rings. The largest absolute Gasteiger partial charge is 0.350 e. The van der Waals surface area contributed by atoms with E-state index in [1.54, 1.807) is 24.2 Å². The van der Waals surface area contributed by atoms with Gasteiger partial charge in [-0.3, -0.25) is 14.6 Å². The van der Waals surface area contributed by atoms with E-state index in [0.29, 0.717) is 12.3 Å². The zero-order valence-corrected chi connectivity index (χ0v) is 14.6. The average molecular weight is 343 g/mol. The molecule has 6 heteroatoms. The Labute approximate surface area is 146 Å². The molecule has 2 amide bonds. The van der Waals surface area contributed by atoms with Crippen LogP contribution in [0.1, 0.15) is 18.1 Å². The third kappa shape index (κ3) is 6.04. The monoisotopic (exact) mass is 343 g/mol. The second-order valence-electron chi connectivity index (χ2n) is 5.46. The normalized spacial score (nSPS) is 11.6. The Kier molecular flexibility index (Phi) is 6.81. The van der Waals surface area contributed by atoms with Crippen molar-refractivity contribution in [1.82, 2.24) is 15.6 Å². The molecule has 0 aliphatic carbocycles. The SMILES string of the molecule is CC(=O)NC(CSc1ccc(C)cc1)C(=O)NCc1cccnc1. The van der Waals surface area contributed by atoms with Crippen molar-refractivity contribution >= 4 is 23.6 Å². The molecule has 1 atom stereocenters. The number of nitrogens with zero attached hydrogens (tertiary/aromatic N) is 1. The Balaban J connectivity index is 1.92. The van der Waals surface area contributed by atoms with Crippen LogP contribution in [0.5, 0.6) is 0 Å². The lowest BCUT2D eigenvalue weighted by atomic mass is 10.2. The fraction of sp³-hybridized carbons (Fsp3) is 0.278. The van der Waals surface area contributed by atoms with Gasteiger partial charge in [0.2, 0.25) is 11.8 Å². The summed E-state index contributed by atoms with van der Waals surface area (Å²) in [7, 11) is 0. The van der Waals surface area contributed by atoms with Crippen LogP contribution < -0.4 is 10.6 Å². The molecular formula is C18H21N3O2S. The highest BCUT2D eigenvalue weighted by Gasteiger charge is 2.19. The van der Waals surface area contributed by atoms with Crippen LogP contribution in [-0.2, 0) is 16.1 Å². The maximum absolute atomic E-state index is 12.4. The fourth-order valence-electron chi connectivity index (χ4n) is 2.06. The zero-order valence-electron chi connectivity index (χ0n) is 13.8. The van der Waals surface area contributed by atoms with E-state index in [9.17, 15) is 9.59 Å². The number of aromatic nitrogens is 1. The van der Waals surface area contributed by atoms with Crippen LogP contribution in [0.2, 0.25) is 0 Å². The molecule has 126 valence electrons. The molecular weight excluding hydrogens is 322 g/mol. The van der Waals surface area contributed by atoms with Gasteiger partial charge in [0.15, 0.2) is 0 Å². The first-order valence-electron chi connectivity index (χ1n) is 7.68. The molecule has 0 radical (unpaired) electrons. The minimum atomic E-state index is -0.578. The van der Waals surface area contributed by atoms with E-state index in [-0.39, 0.29) is 11.8 Å². The number of hydrogen-bond donors (Lipinski definition) is 2. The second-order valence-corrected chi connectivity index (χ2v) is 6.55. The number of aryl methyl sites for hydroxylation is 1. The van der Waals surface area contributed by atoms with E-state index in [0.717, 1.165) is 10.5 Å². The predicted molar refractivity (Wildman–Crippen MR) is 95.6 cm³/mol. The molecule has 0 saturated carbocycles. The first kappa shape index (κ1) is 18.0. The first-order chi connectivity index (χ1) is 11.5. The van der Waals surface area contributed by atoms with Crippen molar-refractivity contribution in [2.75, 3.05) is 5.75 Å². The smallest absolute Gasteiger partial charge is 0.243 e. The summed E-state index contributed by atoms with van der Waals surface area (Å²) in [6, 6.07) is 11.2. The van der Waals surface area contributed by atoms with Crippen molar-refractivity contribution in [2.45, 2.75) is 31.3 Å². The van der Waals surface area contributed by atoms with Gasteiger partial charge in [-0.05, 0) is 30.7 Å². The van der Waals surface area contributed by atoms with Crippen LogP contribution in [0.25, 0.3) is 0 Å². The van der Waals surface area contributed by atoms with Gasteiger partial charge in [-0.2, -0.15) is 0 Å². The number of pyridine rings is 1. The minimum absolute atomic E-state index is 0.200. The highest BCUT2D eigenvalue weighted by molar-refractivity contribution is 7.99. The number of thioether (sulfide) groups is 1. The van der Waals surface area contributed by atoms with Crippen molar-refractivity contribution in [2.24, 2.45) is 0 Å². The minimum Gasteiger partial charge on any atom is -0.350 e. The number of carbonyl (C=O) groups excluding carboxylic acids is 2. The summed E-state index contributed by atoms with van der Waals surface area (Å²) < 4.78 is 0. The molecule has 0 fully saturated rings. The average Bonchev–Trinajstić information content (AvgIpc) is 2.58. The summed E-state index contributed by atoms with van der Waals surface area (Å²) in [5.74, 6) is 0.0521. The summed E-state index contributed by atoms with van der Waals surface area (Å²) in [6.07, 6.45) is 3.39. The van der Waals surface area contributed by atoms with Gasteiger partial charge in [-0.1, -0.05) is 23.8 Å². The maximum Gasteiger partial charge on any atom is 0.243 e. The quantitative estimate of drug-likeness (QED) is 0.757. The molecule has 1 aromatic heterocycles. The fourth-order valence-corrected chi connectivity index (χ4v) is 2.98. The third-order valence-corrected chi connectivity index (χ3v) is 4.43. The van der Waals surface area contributed by atoms with Crippen LogP contribution in [0, 0.1) is 6.92 Å². The Hall–Kier alpha value is -2.34. The van der Waals surface area contributed by atoms with Gasteiger partial charge in [0, 0.05) is 36.5 Å². The van der Waals surface area contributed by atoms with E-state index >= 15 is 0 Å². The summed E-state index contributed by atoms with van der Waals surface area (Å²) in [5.41, 5.74) is 2.10. The Morgan fingerprint density at radius 2 is 1.96 bits per heavy atom. The van der Waals surface area contributed by atoms with Gasteiger partial charge in [0.1, 0.15) is 6.04 Å². The highest BCUT2D eigenvalue weighted by Crippen LogP contribution is 2.19. The standard InChI is InChI=1S/C18H21N3O2S/c1-13-5-7-16(8-6-13)24-12-17(21-14(2)22)18(23)20-11-15-4-3-9-19-10-15/h3-10,17H,11-12H2,1-2H3,(H,20,23)(H,21,22). The number of rotatable bonds is 7. The molecule has 0 spiro atoms. The second kappa shape index (κ2) is 9.08. The van der Waals surface area contributed by atoms with E-state index in [1.807, 2.05) is 43.3 Å². The number of benzene rings is 1. The number of amides is 2. The van der Waals surface area contributed by atoms with Crippen LogP contribution in [0.15, 0.2) is 53.7 Å².